The van der Waals surface area contributed by atoms with E-state index in [1.807, 2.05) is 60.5 Å². The van der Waals surface area contributed by atoms with Crippen molar-refractivity contribution in [2.75, 3.05) is 51.8 Å². The number of rotatable bonds is 9. The summed E-state index contributed by atoms with van der Waals surface area (Å²) in [4.78, 5) is 34.3. The number of anilines is 1. The van der Waals surface area contributed by atoms with Gasteiger partial charge in [0.1, 0.15) is 17.3 Å². The average molecular weight is 528 g/mol. The van der Waals surface area contributed by atoms with E-state index in [1.54, 1.807) is 31.4 Å². The zero-order valence-electron chi connectivity index (χ0n) is 22.3. The number of aromatic nitrogens is 2. The SMILES string of the molecule is COc1ccc(OCC(=O)Nc2ccc3c(c2)nc(CCN2CCN(C(=O)c4ccccc4)CC2)n3C)cc1. The standard InChI is InChI=1S/C30H33N5O4/c1-33-27-13-8-23(31-29(36)21-39-25-11-9-24(38-2)10-12-25)20-26(27)32-28(33)14-15-34-16-18-35(19-17-34)30(37)22-6-4-3-5-7-22/h3-13,20H,14-19,21H2,1-2H3,(H,31,36). The lowest BCUT2D eigenvalue weighted by atomic mass is 10.2. The molecule has 5 rings (SSSR count). The van der Waals surface area contributed by atoms with Gasteiger partial charge in [0.05, 0.1) is 18.1 Å². The molecule has 39 heavy (non-hydrogen) atoms. The van der Waals surface area contributed by atoms with Gasteiger partial charge in [-0.3, -0.25) is 14.5 Å². The Morgan fingerprint density at radius 1 is 0.923 bits per heavy atom. The quantitative estimate of drug-likeness (QED) is 0.358. The van der Waals surface area contributed by atoms with Crippen molar-refractivity contribution in [2.24, 2.45) is 7.05 Å². The van der Waals surface area contributed by atoms with Gasteiger partial charge in [-0.05, 0) is 54.6 Å². The van der Waals surface area contributed by atoms with Crippen LogP contribution in [0.15, 0.2) is 72.8 Å². The van der Waals surface area contributed by atoms with Crippen molar-refractivity contribution in [3.8, 4) is 11.5 Å². The summed E-state index contributed by atoms with van der Waals surface area (Å²) in [5, 5.41) is 2.89. The lowest BCUT2D eigenvalue weighted by Crippen LogP contribution is -2.49. The number of aryl methyl sites for hydroxylation is 1. The molecule has 202 valence electrons. The third-order valence-corrected chi connectivity index (χ3v) is 7.02. The number of piperazine rings is 1. The molecular weight excluding hydrogens is 494 g/mol. The minimum atomic E-state index is -0.244. The number of benzene rings is 3. The highest BCUT2D eigenvalue weighted by molar-refractivity contribution is 5.94. The van der Waals surface area contributed by atoms with Gasteiger partial charge in [-0.1, -0.05) is 18.2 Å². The van der Waals surface area contributed by atoms with Gasteiger partial charge in [-0.15, -0.1) is 0 Å². The maximum absolute atomic E-state index is 12.7. The fraction of sp³-hybridized carbons (Fsp3) is 0.300. The van der Waals surface area contributed by atoms with Gasteiger partial charge >= 0.3 is 0 Å². The minimum Gasteiger partial charge on any atom is -0.497 e. The van der Waals surface area contributed by atoms with Crippen molar-refractivity contribution in [3.05, 3.63) is 84.2 Å². The van der Waals surface area contributed by atoms with E-state index in [0.29, 0.717) is 11.4 Å². The molecule has 0 aliphatic carbocycles. The van der Waals surface area contributed by atoms with Crippen LogP contribution in [0.5, 0.6) is 11.5 Å². The van der Waals surface area contributed by atoms with Crippen LogP contribution < -0.4 is 14.8 Å². The first-order valence-corrected chi connectivity index (χ1v) is 13.1. The number of methoxy groups -OCH3 is 1. The number of amides is 2. The smallest absolute Gasteiger partial charge is 0.262 e. The van der Waals surface area contributed by atoms with E-state index < -0.39 is 0 Å². The van der Waals surface area contributed by atoms with E-state index in [9.17, 15) is 9.59 Å². The summed E-state index contributed by atoms with van der Waals surface area (Å²) in [5.74, 6) is 2.17. The highest BCUT2D eigenvalue weighted by atomic mass is 16.5. The van der Waals surface area contributed by atoms with Gasteiger partial charge in [-0.2, -0.15) is 0 Å². The van der Waals surface area contributed by atoms with E-state index >= 15 is 0 Å². The fourth-order valence-electron chi connectivity index (χ4n) is 4.76. The summed E-state index contributed by atoms with van der Waals surface area (Å²) in [6.45, 7) is 3.91. The van der Waals surface area contributed by atoms with Crippen molar-refractivity contribution in [1.29, 1.82) is 0 Å². The maximum atomic E-state index is 12.7. The highest BCUT2D eigenvalue weighted by Gasteiger charge is 2.22. The van der Waals surface area contributed by atoms with Crippen molar-refractivity contribution < 1.29 is 19.1 Å². The number of hydrogen-bond donors (Lipinski definition) is 1. The summed E-state index contributed by atoms with van der Waals surface area (Å²) < 4.78 is 12.8. The largest absolute Gasteiger partial charge is 0.497 e. The van der Waals surface area contributed by atoms with Gasteiger partial charge in [0, 0.05) is 57.4 Å². The Morgan fingerprint density at radius 3 is 2.36 bits per heavy atom. The molecule has 3 aromatic carbocycles. The molecule has 1 aromatic heterocycles. The molecule has 2 heterocycles. The van der Waals surface area contributed by atoms with Crippen LogP contribution >= 0.6 is 0 Å². The van der Waals surface area contributed by atoms with Gasteiger partial charge in [0.15, 0.2) is 6.61 Å². The van der Waals surface area contributed by atoms with Crippen LogP contribution in [0.3, 0.4) is 0 Å². The number of ether oxygens (including phenoxy) is 2. The second-order valence-electron chi connectivity index (χ2n) is 9.55. The van der Waals surface area contributed by atoms with Gasteiger partial charge < -0.3 is 24.3 Å². The van der Waals surface area contributed by atoms with E-state index in [-0.39, 0.29) is 18.4 Å². The fourth-order valence-corrected chi connectivity index (χ4v) is 4.76. The van der Waals surface area contributed by atoms with Crippen molar-refractivity contribution in [3.63, 3.8) is 0 Å². The van der Waals surface area contributed by atoms with E-state index in [0.717, 1.165) is 67.3 Å². The Labute approximate surface area is 227 Å². The first-order valence-electron chi connectivity index (χ1n) is 13.1. The second-order valence-corrected chi connectivity index (χ2v) is 9.55. The number of fused-ring (bicyclic) bond motifs is 1. The monoisotopic (exact) mass is 527 g/mol. The molecule has 0 radical (unpaired) electrons. The topological polar surface area (TPSA) is 88.9 Å². The molecule has 1 N–H and O–H groups in total. The molecule has 0 spiro atoms. The Hall–Kier alpha value is -4.37. The number of hydrogen-bond acceptors (Lipinski definition) is 6. The van der Waals surface area contributed by atoms with Crippen molar-refractivity contribution in [2.45, 2.75) is 6.42 Å². The lowest BCUT2D eigenvalue weighted by molar-refractivity contribution is -0.118. The molecule has 9 heteroatoms. The van der Waals surface area contributed by atoms with Crippen LogP contribution in [0.2, 0.25) is 0 Å². The summed E-state index contributed by atoms with van der Waals surface area (Å²) in [7, 11) is 3.62. The average Bonchev–Trinajstić information content (AvgIpc) is 3.29. The van der Waals surface area contributed by atoms with E-state index in [1.165, 1.54) is 0 Å². The Balaban J connectivity index is 1.12. The van der Waals surface area contributed by atoms with Crippen LogP contribution in [-0.4, -0.2) is 77.6 Å². The minimum absolute atomic E-state index is 0.0952. The first kappa shape index (κ1) is 26.2. The summed E-state index contributed by atoms with van der Waals surface area (Å²) in [6, 6.07) is 22.3. The molecule has 1 saturated heterocycles. The summed E-state index contributed by atoms with van der Waals surface area (Å²) in [6.07, 6.45) is 0.801. The van der Waals surface area contributed by atoms with Crippen LogP contribution in [0.1, 0.15) is 16.2 Å². The highest BCUT2D eigenvalue weighted by Crippen LogP contribution is 2.21. The zero-order valence-corrected chi connectivity index (χ0v) is 22.3. The molecule has 0 bridgehead atoms. The molecule has 4 aromatic rings. The predicted molar refractivity (Wildman–Crippen MR) is 150 cm³/mol. The van der Waals surface area contributed by atoms with Crippen molar-refractivity contribution in [1.82, 2.24) is 19.4 Å². The van der Waals surface area contributed by atoms with Crippen LogP contribution in [0, 0.1) is 0 Å². The molecule has 1 fully saturated rings. The first-order chi connectivity index (χ1) is 19.0. The van der Waals surface area contributed by atoms with Gasteiger partial charge in [0.25, 0.3) is 11.8 Å². The Morgan fingerprint density at radius 2 is 1.64 bits per heavy atom. The Bertz CT molecular complexity index is 1430. The number of nitrogens with one attached hydrogen (secondary N) is 1. The Kier molecular flexibility index (Phi) is 8.07. The molecule has 2 amide bonds. The molecule has 1 aliphatic rings. The van der Waals surface area contributed by atoms with E-state index in [4.69, 9.17) is 14.5 Å². The third kappa shape index (κ3) is 6.38. The van der Waals surface area contributed by atoms with Gasteiger partial charge in [-0.25, -0.2) is 4.98 Å². The third-order valence-electron chi connectivity index (χ3n) is 7.02. The zero-order chi connectivity index (χ0) is 27.2. The molecule has 9 nitrogen and oxygen atoms in total. The van der Waals surface area contributed by atoms with Crippen LogP contribution in [0.4, 0.5) is 5.69 Å². The number of imidazole rings is 1. The molecule has 1 aliphatic heterocycles. The number of carbonyl (C=O) groups excluding carboxylic acids is 2. The van der Waals surface area contributed by atoms with Crippen molar-refractivity contribution >= 4 is 28.5 Å². The number of carbonyl (C=O) groups is 2. The molecular formula is C30H33N5O4. The second kappa shape index (κ2) is 12.0. The predicted octanol–water partition coefficient (Wildman–Crippen LogP) is 3.60. The molecule has 0 atom stereocenters. The van der Waals surface area contributed by atoms with Crippen LogP contribution in [0.25, 0.3) is 11.0 Å². The number of nitrogens with zero attached hydrogens (tertiary/aromatic N) is 4. The maximum Gasteiger partial charge on any atom is 0.262 e. The lowest BCUT2D eigenvalue weighted by Gasteiger charge is -2.34. The molecule has 0 saturated carbocycles. The summed E-state index contributed by atoms with van der Waals surface area (Å²) >= 11 is 0. The van der Waals surface area contributed by atoms with E-state index in [2.05, 4.69) is 14.8 Å². The molecule has 0 unspecified atom stereocenters. The van der Waals surface area contributed by atoms with Crippen LogP contribution in [-0.2, 0) is 18.3 Å². The summed E-state index contributed by atoms with van der Waals surface area (Å²) in [5.41, 5.74) is 3.26. The van der Waals surface area contributed by atoms with Gasteiger partial charge in [0.2, 0.25) is 0 Å². The normalized spacial score (nSPS) is 13.8.